The Bertz CT molecular complexity index is 447. The van der Waals surface area contributed by atoms with Gasteiger partial charge in [0.1, 0.15) is 4.51 Å². The van der Waals surface area contributed by atoms with Gasteiger partial charge in [-0.05, 0) is 25.4 Å². The van der Waals surface area contributed by atoms with Gasteiger partial charge in [0.15, 0.2) is 0 Å². The molecule has 0 aliphatic carbocycles. The van der Waals surface area contributed by atoms with Gasteiger partial charge >= 0.3 is 0 Å². The Morgan fingerprint density at radius 2 is 1.94 bits per heavy atom. The van der Waals surface area contributed by atoms with Crippen molar-refractivity contribution in [3.8, 4) is 0 Å². The number of rotatable bonds is 8. The number of hydrogen-bond acceptors (Lipinski definition) is 4. The maximum Gasteiger partial charge on any atom is 0.204 e. The summed E-state index contributed by atoms with van der Waals surface area (Å²) >= 11 is 5.10. The van der Waals surface area contributed by atoms with E-state index in [0.29, 0.717) is 4.51 Å². The van der Waals surface area contributed by atoms with Crippen LogP contribution in [0.25, 0.3) is 0 Å². The van der Waals surface area contributed by atoms with Gasteiger partial charge in [0, 0.05) is 18.7 Å². The number of nitrogens with zero attached hydrogens (tertiary/aromatic N) is 1. The van der Waals surface area contributed by atoms with Crippen molar-refractivity contribution in [2.45, 2.75) is 40.0 Å². The first-order valence-corrected chi connectivity index (χ1v) is 7.23. The summed E-state index contributed by atoms with van der Waals surface area (Å²) in [6.07, 6.45) is 1.17. The fraction of sp³-hybridized carbons (Fsp3) is 0.714. The van der Waals surface area contributed by atoms with Crippen LogP contribution in [-0.4, -0.2) is 31.1 Å². The van der Waals surface area contributed by atoms with Crippen molar-refractivity contribution < 1.29 is 0 Å². The van der Waals surface area contributed by atoms with E-state index in [9.17, 15) is 4.79 Å². The second-order valence-electron chi connectivity index (χ2n) is 4.96. The molecular weight excluding hydrogens is 244 g/mol. The molecule has 0 spiro atoms. The summed E-state index contributed by atoms with van der Waals surface area (Å²) < 4.78 is 0.484. The van der Waals surface area contributed by atoms with E-state index in [4.69, 9.17) is 12.2 Å². The summed E-state index contributed by atoms with van der Waals surface area (Å²) in [6.45, 7) is 12.5. The molecule has 0 heterocycles. The van der Waals surface area contributed by atoms with Gasteiger partial charge in [-0.25, -0.2) is 0 Å². The van der Waals surface area contributed by atoms with Crippen LogP contribution in [0.15, 0.2) is 4.79 Å². The molecular formula is C14H24N2OS. The highest BCUT2D eigenvalue weighted by Crippen LogP contribution is 2.24. The predicted molar refractivity (Wildman–Crippen MR) is 80.9 cm³/mol. The zero-order valence-electron chi connectivity index (χ0n) is 11.9. The highest BCUT2D eigenvalue weighted by molar-refractivity contribution is 7.71. The number of nitrogens with one attached hydrogen (secondary N) is 1. The molecule has 1 N–H and O–H groups in total. The van der Waals surface area contributed by atoms with E-state index in [2.05, 4.69) is 24.1 Å². The van der Waals surface area contributed by atoms with Crippen molar-refractivity contribution in [1.29, 1.82) is 0 Å². The summed E-state index contributed by atoms with van der Waals surface area (Å²) in [4.78, 5) is 14.0. The summed E-state index contributed by atoms with van der Waals surface area (Å²) in [7, 11) is 0. The van der Waals surface area contributed by atoms with E-state index in [0.717, 1.165) is 37.4 Å². The Labute approximate surface area is 115 Å². The molecule has 0 bridgehead atoms. The summed E-state index contributed by atoms with van der Waals surface area (Å²) in [5, 5.41) is 3.33. The van der Waals surface area contributed by atoms with Crippen LogP contribution in [0.4, 0.5) is 5.69 Å². The summed E-state index contributed by atoms with van der Waals surface area (Å²) in [5.74, 6) is 0.254. The molecule has 0 aliphatic heterocycles. The molecule has 0 atom stereocenters. The molecule has 1 aromatic carbocycles. The normalized spacial score (nSPS) is 11.7. The Hall–Kier alpha value is -0.740. The number of anilines is 1. The highest BCUT2D eigenvalue weighted by atomic mass is 32.1. The average molecular weight is 268 g/mol. The fourth-order valence-electron chi connectivity index (χ4n) is 2.22. The Morgan fingerprint density at radius 3 is 2.44 bits per heavy atom. The molecule has 0 aliphatic rings. The van der Waals surface area contributed by atoms with Gasteiger partial charge in [-0.1, -0.05) is 39.9 Å². The molecule has 0 radical (unpaired) electrons. The van der Waals surface area contributed by atoms with Crippen molar-refractivity contribution in [2.24, 2.45) is 0 Å². The molecule has 4 heteroatoms. The maximum atomic E-state index is 11.6. The predicted octanol–water partition coefficient (Wildman–Crippen LogP) is 2.92. The molecule has 0 fully saturated rings. The van der Waals surface area contributed by atoms with Crippen LogP contribution in [-0.2, 0) is 0 Å². The lowest BCUT2D eigenvalue weighted by atomic mass is 9.96. The zero-order chi connectivity index (χ0) is 13.7. The molecule has 0 saturated heterocycles. The van der Waals surface area contributed by atoms with Gasteiger partial charge in [-0.3, -0.25) is 4.79 Å². The minimum Gasteiger partial charge on any atom is -0.382 e. The second kappa shape index (κ2) is 7.00. The van der Waals surface area contributed by atoms with E-state index in [1.54, 1.807) is 0 Å². The Morgan fingerprint density at radius 1 is 1.28 bits per heavy atom. The van der Waals surface area contributed by atoms with Crippen LogP contribution >= 0.6 is 12.2 Å². The van der Waals surface area contributed by atoms with Gasteiger partial charge < -0.3 is 10.2 Å². The molecule has 0 unspecified atom stereocenters. The quantitative estimate of drug-likeness (QED) is 0.735. The van der Waals surface area contributed by atoms with E-state index in [1.165, 1.54) is 6.42 Å². The summed E-state index contributed by atoms with van der Waals surface area (Å²) in [5.41, 5.74) is 1.85. The van der Waals surface area contributed by atoms with Crippen LogP contribution < -0.4 is 10.7 Å². The molecule has 0 saturated carbocycles. The molecule has 102 valence electrons. The third-order valence-corrected chi connectivity index (χ3v) is 3.63. The topological polar surface area (TPSA) is 32.3 Å². The van der Waals surface area contributed by atoms with Crippen LogP contribution in [0, 0.1) is 4.51 Å². The van der Waals surface area contributed by atoms with E-state index in [-0.39, 0.29) is 11.3 Å². The third kappa shape index (κ3) is 3.39. The first-order valence-electron chi connectivity index (χ1n) is 6.82. The van der Waals surface area contributed by atoms with Gasteiger partial charge in [0.25, 0.3) is 0 Å². The Kier molecular flexibility index (Phi) is 5.96. The SMILES string of the molecule is CCCN(CC)CCNc1c(C(C)C)c(=O)c1=S. The first kappa shape index (κ1) is 15.3. The smallest absolute Gasteiger partial charge is 0.204 e. The maximum absolute atomic E-state index is 11.6. The van der Waals surface area contributed by atoms with Gasteiger partial charge in [0.05, 0.1) is 5.69 Å². The van der Waals surface area contributed by atoms with Crippen LogP contribution in [0.2, 0.25) is 0 Å². The molecule has 1 rings (SSSR count). The zero-order valence-corrected chi connectivity index (χ0v) is 12.7. The largest absolute Gasteiger partial charge is 0.382 e. The van der Waals surface area contributed by atoms with Gasteiger partial charge in [-0.2, -0.15) is 0 Å². The van der Waals surface area contributed by atoms with Crippen LogP contribution in [0.5, 0.6) is 0 Å². The van der Waals surface area contributed by atoms with Crippen molar-refractivity contribution in [3.05, 3.63) is 20.3 Å². The molecule has 3 nitrogen and oxygen atoms in total. The molecule has 18 heavy (non-hydrogen) atoms. The van der Waals surface area contributed by atoms with Crippen molar-refractivity contribution in [3.63, 3.8) is 0 Å². The lowest BCUT2D eigenvalue weighted by Gasteiger charge is -2.22. The van der Waals surface area contributed by atoms with Crippen LogP contribution in [0.3, 0.4) is 0 Å². The minimum atomic E-state index is 0.0587. The van der Waals surface area contributed by atoms with Crippen molar-refractivity contribution in [2.75, 3.05) is 31.5 Å². The first-order chi connectivity index (χ1) is 8.52. The molecule has 0 amide bonds. The lowest BCUT2D eigenvalue weighted by molar-refractivity contribution is 0.300. The van der Waals surface area contributed by atoms with E-state index in [1.807, 2.05) is 13.8 Å². The molecule has 1 aromatic rings. The van der Waals surface area contributed by atoms with E-state index < -0.39 is 0 Å². The van der Waals surface area contributed by atoms with Crippen LogP contribution in [0.1, 0.15) is 45.6 Å². The van der Waals surface area contributed by atoms with Crippen molar-refractivity contribution >= 4 is 17.9 Å². The van der Waals surface area contributed by atoms with E-state index >= 15 is 0 Å². The highest BCUT2D eigenvalue weighted by Gasteiger charge is 2.19. The minimum absolute atomic E-state index is 0.0587. The fourth-order valence-corrected chi connectivity index (χ4v) is 2.51. The van der Waals surface area contributed by atoms with Crippen molar-refractivity contribution in [1.82, 2.24) is 4.90 Å². The average Bonchev–Trinajstić information content (AvgIpc) is 2.35. The number of likely N-dealkylation sites (N-methyl/N-ethyl adjacent to an activating group) is 1. The van der Waals surface area contributed by atoms with Gasteiger partial charge in [0.2, 0.25) is 5.43 Å². The Balaban J connectivity index is 2.52. The summed E-state index contributed by atoms with van der Waals surface area (Å²) in [6, 6.07) is 0. The lowest BCUT2D eigenvalue weighted by Crippen LogP contribution is -2.31. The molecule has 0 aromatic heterocycles. The second-order valence-corrected chi connectivity index (χ2v) is 5.37. The van der Waals surface area contributed by atoms with Gasteiger partial charge in [-0.15, -0.1) is 0 Å². The monoisotopic (exact) mass is 268 g/mol. The standard InChI is InChI=1S/C14H24N2OS/c1-5-8-16(6-2)9-7-15-12-11(10(3)4)13(17)14(12)18/h10,15H,5-9H2,1-4H3. The number of hydrogen-bond donors (Lipinski definition) is 1. The third-order valence-electron chi connectivity index (χ3n) is 3.24.